The Hall–Kier alpha value is -2.11. The van der Waals surface area contributed by atoms with Crippen LogP contribution in [0, 0.1) is 10.1 Å². The summed E-state index contributed by atoms with van der Waals surface area (Å²) in [5.74, 6) is -0.407. The van der Waals surface area contributed by atoms with Crippen LogP contribution >= 0.6 is 23.2 Å². The minimum absolute atomic E-state index is 0.110. The second-order valence-corrected chi connectivity index (χ2v) is 5.11. The van der Waals surface area contributed by atoms with Gasteiger partial charge in [0.15, 0.2) is 0 Å². The number of benzene rings is 2. The predicted molar refractivity (Wildman–Crippen MR) is 82.9 cm³/mol. The van der Waals surface area contributed by atoms with E-state index in [1.807, 2.05) is 0 Å². The minimum Gasteiger partial charge on any atom is -0.320 e. The van der Waals surface area contributed by atoms with Crippen LogP contribution in [0.3, 0.4) is 0 Å². The Kier molecular flexibility index (Phi) is 4.45. The number of carbonyl (C=O) groups is 1. The molecule has 0 aliphatic carbocycles. The average molecular weight is 325 g/mol. The van der Waals surface area contributed by atoms with Gasteiger partial charge in [-0.05, 0) is 12.1 Å². The summed E-state index contributed by atoms with van der Waals surface area (Å²) >= 11 is 12.0. The summed E-state index contributed by atoms with van der Waals surface area (Å²) in [6, 6.07) is 9.30. The second kappa shape index (κ2) is 6.11. The summed E-state index contributed by atoms with van der Waals surface area (Å²) < 4.78 is 0. The summed E-state index contributed by atoms with van der Waals surface area (Å²) in [7, 11) is 0. The lowest BCUT2D eigenvalue weighted by Crippen LogP contribution is -2.09. The average Bonchev–Trinajstić information content (AvgIpc) is 2.38. The van der Waals surface area contributed by atoms with Crippen LogP contribution in [0.4, 0.5) is 11.4 Å². The fraction of sp³-hybridized carbons (Fsp3) is 0.0714. The first-order chi connectivity index (χ1) is 9.90. The Morgan fingerprint density at radius 1 is 1.19 bits per heavy atom. The number of hydrogen-bond donors (Lipinski definition) is 1. The molecule has 0 heterocycles. The third kappa shape index (κ3) is 3.32. The smallest absolute Gasteiger partial charge is 0.293 e. The SMILES string of the molecule is CC(=O)Nc1c(-c2ccc(Cl)cc2Cl)cccc1[N+](=O)[O-]. The van der Waals surface area contributed by atoms with Crippen LogP contribution in [-0.4, -0.2) is 10.8 Å². The van der Waals surface area contributed by atoms with Gasteiger partial charge in [0.2, 0.25) is 5.91 Å². The van der Waals surface area contributed by atoms with E-state index in [2.05, 4.69) is 5.32 Å². The van der Waals surface area contributed by atoms with E-state index in [9.17, 15) is 14.9 Å². The Morgan fingerprint density at radius 2 is 1.90 bits per heavy atom. The molecule has 0 saturated carbocycles. The van der Waals surface area contributed by atoms with Crippen LogP contribution in [0.2, 0.25) is 10.0 Å². The van der Waals surface area contributed by atoms with Gasteiger partial charge < -0.3 is 5.32 Å². The van der Waals surface area contributed by atoms with Crippen LogP contribution in [0.25, 0.3) is 11.1 Å². The number of hydrogen-bond acceptors (Lipinski definition) is 3. The molecule has 2 aromatic rings. The van der Waals surface area contributed by atoms with E-state index < -0.39 is 10.8 Å². The lowest BCUT2D eigenvalue weighted by Gasteiger charge is -2.12. The van der Waals surface area contributed by atoms with Crippen molar-refractivity contribution in [2.24, 2.45) is 0 Å². The molecule has 2 rings (SSSR count). The van der Waals surface area contributed by atoms with Gasteiger partial charge in [-0.1, -0.05) is 41.4 Å². The van der Waals surface area contributed by atoms with Crippen LogP contribution < -0.4 is 5.32 Å². The molecule has 0 fully saturated rings. The molecule has 1 N–H and O–H groups in total. The highest BCUT2D eigenvalue weighted by atomic mass is 35.5. The fourth-order valence-corrected chi connectivity index (χ4v) is 2.44. The van der Waals surface area contributed by atoms with Crippen LogP contribution in [0.5, 0.6) is 0 Å². The molecule has 21 heavy (non-hydrogen) atoms. The summed E-state index contributed by atoms with van der Waals surface area (Å²) in [5, 5.41) is 14.4. The van der Waals surface area contributed by atoms with E-state index >= 15 is 0 Å². The normalized spacial score (nSPS) is 10.2. The summed E-state index contributed by atoms with van der Waals surface area (Å²) in [6.45, 7) is 1.28. The topological polar surface area (TPSA) is 72.2 Å². The molecule has 0 aromatic heterocycles. The summed E-state index contributed by atoms with van der Waals surface area (Å²) in [5.41, 5.74) is 0.919. The van der Waals surface area contributed by atoms with Crippen LogP contribution in [-0.2, 0) is 4.79 Å². The molecule has 1 amide bonds. The van der Waals surface area contributed by atoms with Crippen molar-refractivity contribution in [2.45, 2.75) is 6.92 Å². The number of carbonyl (C=O) groups excluding carboxylic acids is 1. The number of nitrogens with one attached hydrogen (secondary N) is 1. The van der Waals surface area contributed by atoms with E-state index in [1.54, 1.807) is 18.2 Å². The Morgan fingerprint density at radius 3 is 2.48 bits per heavy atom. The monoisotopic (exact) mass is 324 g/mol. The molecule has 0 radical (unpaired) electrons. The first kappa shape index (κ1) is 15.3. The zero-order valence-electron chi connectivity index (χ0n) is 10.9. The zero-order chi connectivity index (χ0) is 15.6. The highest BCUT2D eigenvalue weighted by Crippen LogP contribution is 2.39. The number of nitro groups is 1. The molecule has 0 bridgehead atoms. The lowest BCUT2D eigenvalue weighted by molar-refractivity contribution is -0.383. The third-order valence-corrected chi connectivity index (χ3v) is 3.31. The van der Waals surface area contributed by atoms with Gasteiger partial charge in [-0.2, -0.15) is 0 Å². The van der Waals surface area contributed by atoms with E-state index in [-0.39, 0.29) is 11.4 Å². The number of para-hydroxylation sites is 1. The van der Waals surface area contributed by atoms with Gasteiger partial charge in [0, 0.05) is 34.2 Å². The van der Waals surface area contributed by atoms with Gasteiger partial charge in [0.1, 0.15) is 5.69 Å². The first-order valence-corrected chi connectivity index (χ1v) is 6.66. The molecule has 7 heteroatoms. The van der Waals surface area contributed by atoms with Gasteiger partial charge >= 0.3 is 0 Å². The summed E-state index contributed by atoms with van der Waals surface area (Å²) in [6.07, 6.45) is 0. The highest BCUT2D eigenvalue weighted by molar-refractivity contribution is 6.36. The molecule has 0 aliphatic heterocycles. The Bertz CT molecular complexity index is 732. The molecule has 0 saturated heterocycles. The van der Waals surface area contributed by atoms with Crippen molar-refractivity contribution < 1.29 is 9.72 Å². The number of amides is 1. The van der Waals surface area contributed by atoms with Gasteiger partial charge in [0.25, 0.3) is 5.69 Å². The van der Waals surface area contributed by atoms with Gasteiger partial charge in [-0.25, -0.2) is 0 Å². The van der Waals surface area contributed by atoms with Crippen molar-refractivity contribution in [1.29, 1.82) is 0 Å². The molecular weight excluding hydrogens is 315 g/mol. The van der Waals surface area contributed by atoms with E-state index in [4.69, 9.17) is 23.2 Å². The molecule has 0 atom stereocenters. The molecular formula is C14H10Cl2N2O3. The second-order valence-electron chi connectivity index (χ2n) is 4.26. The minimum atomic E-state index is -0.557. The van der Waals surface area contributed by atoms with Gasteiger partial charge in [-0.15, -0.1) is 0 Å². The molecule has 2 aromatic carbocycles. The Balaban J connectivity index is 2.70. The quantitative estimate of drug-likeness (QED) is 0.666. The molecule has 0 aliphatic rings. The van der Waals surface area contributed by atoms with Crippen molar-refractivity contribution in [2.75, 3.05) is 5.32 Å². The number of nitro benzene ring substituents is 1. The zero-order valence-corrected chi connectivity index (χ0v) is 12.4. The molecule has 108 valence electrons. The maximum atomic E-state index is 11.3. The van der Waals surface area contributed by atoms with Gasteiger partial charge in [-0.3, -0.25) is 14.9 Å². The van der Waals surface area contributed by atoms with Crippen LogP contribution in [0.1, 0.15) is 6.92 Å². The first-order valence-electron chi connectivity index (χ1n) is 5.90. The predicted octanol–water partition coefficient (Wildman–Crippen LogP) is 4.53. The number of halogens is 2. The van der Waals surface area contributed by atoms with Crippen molar-refractivity contribution in [3.63, 3.8) is 0 Å². The van der Waals surface area contributed by atoms with Crippen molar-refractivity contribution in [3.8, 4) is 11.1 Å². The van der Waals surface area contributed by atoms with Crippen molar-refractivity contribution in [1.82, 2.24) is 0 Å². The molecule has 0 unspecified atom stereocenters. The summed E-state index contributed by atoms with van der Waals surface area (Å²) in [4.78, 5) is 21.9. The van der Waals surface area contributed by atoms with Gasteiger partial charge in [0.05, 0.1) is 4.92 Å². The van der Waals surface area contributed by atoms with Crippen LogP contribution in [0.15, 0.2) is 36.4 Å². The molecule has 5 nitrogen and oxygen atoms in total. The largest absolute Gasteiger partial charge is 0.320 e. The van der Waals surface area contributed by atoms with Crippen molar-refractivity contribution >= 4 is 40.5 Å². The number of anilines is 1. The highest BCUT2D eigenvalue weighted by Gasteiger charge is 2.20. The Labute approximate surface area is 130 Å². The maximum absolute atomic E-state index is 11.3. The number of nitrogens with zero attached hydrogens (tertiary/aromatic N) is 1. The lowest BCUT2D eigenvalue weighted by atomic mass is 10.0. The van der Waals surface area contributed by atoms with E-state index in [1.165, 1.54) is 25.1 Å². The molecule has 0 spiro atoms. The standard InChI is InChI=1S/C14H10Cl2N2O3/c1-8(19)17-14-11(3-2-4-13(14)18(20)21)10-6-5-9(15)7-12(10)16/h2-7H,1H3,(H,17,19). The maximum Gasteiger partial charge on any atom is 0.293 e. The third-order valence-electron chi connectivity index (χ3n) is 2.76. The van der Waals surface area contributed by atoms with E-state index in [0.717, 1.165) is 0 Å². The fourth-order valence-electron chi connectivity index (χ4n) is 1.93. The van der Waals surface area contributed by atoms with Crippen molar-refractivity contribution in [3.05, 3.63) is 56.6 Å². The number of rotatable bonds is 3. The van der Waals surface area contributed by atoms with E-state index in [0.29, 0.717) is 21.2 Å².